The number of nitrogens with zero attached hydrogens (tertiary/aromatic N) is 1. The Hall–Kier alpha value is -0.550. The predicted octanol–water partition coefficient (Wildman–Crippen LogP) is 2.11. The zero-order valence-electron chi connectivity index (χ0n) is 6.98. The van der Waals surface area contributed by atoms with Gasteiger partial charge in [0, 0.05) is 6.61 Å². The first-order chi connectivity index (χ1) is 4.62. The molecule has 0 aliphatic rings. The molecule has 10 heavy (non-hydrogen) atoms. The van der Waals surface area contributed by atoms with Crippen molar-refractivity contribution in [2.75, 3.05) is 13.2 Å². The molecule has 2 heteroatoms. The standard InChI is InChI=1S/C8H15NO/c1-5-6-10-8(2,3)7-9-4/h5-7H2,1-3H3. The molecule has 0 bridgehead atoms. The summed E-state index contributed by atoms with van der Waals surface area (Å²) < 4.78 is 5.41. The summed E-state index contributed by atoms with van der Waals surface area (Å²) in [4.78, 5) is 3.29. The summed E-state index contributed by atoms with van der Waals surface area (Å²) in [5, 5.41) is 0. The van der Waals surface area contributed by atoms with Crippen molar-refractivity contribution in [3.05, 3.63) is 11.4 Å². The molecule has 0 fully saturated rings. The fourth-order valence-electron chi connectivity index (χ4n) is 0.614. The zero-order chi connectivity index (χ0) is 8.04. The molecule has 0 heterocycles. The van der Waals surface area contributed by atoms with Crippen LogP contribution in [0.25, 0.3) is 4.85 Å². The van der Waals surface area contributed by atoms with Gasteiger partial charge in [0.25, 0.3) is 0 Å². The van der Waals surface area contributed by atoms with Gasteiger partial charge in [-0.1, -0.05) is 6.92 Å². The molecule has 0 aliphatic carbocycles. The molecular weight excluding hydrogens is 126 g/mol. The van der Waals surface area contributed by atoms with E-state index in [2.05, 4.69) is 11.8 Å². The summed E-state index contributed by atoms with van der Waals surface area (Å²) in [6.07, 6.45) is 1.02. The van der Waals surface area contributed by atoms with Gasteiger partial charge in [-0.15, -0.1) is 0 Å². The Bertz CT molecular complexity index is 124. The smallest absolute Gasteiger partial charge is 0.242 e. The van der Waals surface area contributed by atoms with Gasteiger partial charge < -0.3 is 9.58 Å². The topological polar surface area (TPSA) is 13.6 Å². The summed E-state index contributed by atoms with van der Waals surface area (Å²) in [6.45, 7) is 13.8. The van der Waals surface area contributed by atoms with Crippen LogP contribution < -0.4 is 0 Å². The largest absolute Gasteiger partial charge is 0.368 e. The van der Waals surface area contributed by atoms with Crippen LogP contribution in [0.1, 0.15) is 27.2 Å². The van der Waals surface area contributed by atoms with Crippen LogP contribution in [-0.2, 0) is 4.74 Å². The maximum absolute atomic E-state index is 6.64. The predicted molar refractivity (Wildman–Crippen MR) is 41.8 cm³/mol. The van der Waals surface area contributed by atoms with Gasteiger partial charge >= 0.3 is 0 Å². The van der Waals surface area contributed by atoms with Gasteiger partial charge in [0.1, 0.15) is 5.60 Å². The zero-order valence-corrected chi connectivity index (χ0v) is 6.98. The van der Waals surface area contributed by atoms with Gasteiger partial charge in [0.2, 0.25) is 6.54 Å². The van der Waals surface area contributed by atoms with Crippen molar-refractivity contribution >= 4 is 0 Å². The highest BCUT2D eigenvalue weighted by atomic mass is 16.5. The molecule has 58 valence electrons. The lowest BCUT2D eigenvalue weighted by atomic mass is 10.1. The number of hydrogen-bond acceptors (Lipinski definition) is 1. The Morgan fingerprint density at radius 1 is 1.50 bits per heavy atom. The summed E-state index contributed by atoms with van der Waals surface area (Å²) in [6, 6.07) is 0. The van der Waals surface area contributed by atoms with Crippen LogP contribution >= 0.6 is 0 Å². The van der Waals surface area contributed by atoms with E-state index in [-0.39, 0.29) is 5.60 Å². The Morgan fingerprint density at radius 3 is 2.50 bits per heavy atom. The van der Waals surface area contributed by atoms with Crippen LogP contribution in [0.5, 0.6) is 0 Å². The molecule has 0 N–H and O–H groups in total. The van der Waals surface area contributed by atoms with E-state index in [0.717, 1.165) is 13.0 Å². The molecule has 0 rings (SSSR count). The third-order valence-electron chi connectivity index (χ3n) is 1.16. The van der Waals surface area contributed by atoms with E-state index in [4.69, 9.17) is 11.3 Å². The first kappa shape index (κ1) is 9.45. The van der Waals surface area contributed by atoms with E-state index < -0.39 is 0 Å². The van der Waals surface area contributed by atoms with Crippen LogP contribution in [0.15, 0.2) is 0 Å². The molecule has 0 aromatic carbocycles. The highest BCUT2D eigenvalue weighted by Crippen LogP contribution is 2.09. The molecule has 2 nitrogen and oxygen atoms in total. The highest BCUT2D eigenvalue weighted by Gasteiger charge is 2.20. The van der Waals surface area contributed by atoms with Gasteiger partial charge in [-0.3, -0.25) is 0 Å². The average molecular weight is 141 g/mol. The van der Waals surface area contributed by atoms with Crippen molar-refractivity contribution in [2.45, 2.75) is 32.8 Å². The minimum absolute atomic E-state index is 0.252. The quantitative estimate of drug-likeness (QED) is 0.547. The number of ether oxygens (including phenoxy) is 1. The fourth-order valence-corrected chi connectivity index (χ4v) is 0.614. The molecule has 0 aromatic rings. The monoisotopic (exact) mass is 141 g/mol. The Labute approximate surface area is 63.0 Å². The molecule has 0 saturated heterocycles. The van der Waals surface area contributed by atoms with Crippen LogP contribution in [0.2, 0.25) is 0 Å². The maximum atomic E-state index is 6.64. The van der Waals surface area contributed by atoms with E-state index in [1.165, 1.54) is 0 Å². The van der Waals surface area contributed by atoms with Crippen molar-refractivity contribution in [1.29, 1.82) is 0 Å². The summed E-state index contributed by atoms with van der Waals surface area (Å²) >= 11 is 0. The van der Waals surface area contributed by atoms with E-state index in [0.29, 0.717) is 6.54 Å². The first-order valence-electron chi connectivity index (χ1n) is 3.59. The van der Waals surface area contributed by atoms with Gasteiger partial charge in [-0.2, -0.15) is 0 Å². The molecule has 0 spiro atoms. The van der Waals surface area contributed by atoms with Crippen molar-refractivity contribution in [3.8, 4) is 0 Å². The Morgan fingerprint density at radius 2 is 2.10 bits per heavy atom. The summed E-state index contributed by atoms with van der Waals surface area (Å²) in [5.41, 5.74) is -0.252. The molecular formula is C8H15NO. The maximum Gasteiger partial charge on any atom is 0.242 e. The lowest BCUT2D eigenvalue weighted by Gasteiger charge is -2.18. The van der Waals surface area contributed by atoms with Crippen LogP contribution in [-0.4, -0.2) is 18.8 Å². The number of hydrogen-bond donors (Lipinski definition) is 0. The van der Waals surface area contributed by atoms with E-state index in [1.54, 1.807) is 0 Å². The molecule has 0 aromatic heterocycles. The minimum atomic E-state index is -0.252. The van der Waals surface area contributed by atoms with Crippen LogP contribution in [0.3, 0.4) is 0 Å². The summed E-state index contributed by atoms with van der Waals surface area (Å²) in [7, 11) is 0. The second-order valence-electron chi connectivity index (χ2n) is 2.92. The fraction of sp³-hybridized carbons (Fsp3) is 0.875. The SMILES string of the molecule is [C-]#[N+]CC(C)(C)OCCC. The minimum Gasteiger partial charge on any atom is -0.368 e. The Balaban J connectivity index is 3.55. The lowest BCUT2D eigenvalue weighted by molar-refractivity contribution is -0.00448. The normalized spacial score (nSPS) is 11.0. The molecule has 0 aliphatic heterocycles. The molecule has 0 unspecified atom stereocenters. The summed E-state index contributed by atoms with van der Waals surface area (Å²) in [5.74, 6) is 0. The third-order valence-corrected chi connectivity index (χ3v) is 1.16. The highest BCUT2D eigenvalue weighted by molar-refractivity contribution is 4.78. The average Bonchev–Trinajstić information content (AvgIpc) is 1.84. The van der Waals surface area contributed by atoms with Crippen molar-refractivity contribution in [1.82, 2.24) is 0 Å². The van der Waals surface area contributed by atoms with Gasteiger partial charge in [0.05, 0.1) is 0 Å². The van der Waals surface area contributed by atoms with Gasteiger partial charge in [-0.25, -0.2) is 6.57 Å². The van der Waals surface area contributed by atoms with Crippen molar-refractivity contribution in [3.63, 3.8) is 0 Å². The lowest BCUT2D eigenvalue weighted by Crippen LogP contribution is -2.27. The van der Waals surface area contributed by atoms with Crippen LogP contribution in [0, 0.1) is 6.57 Å². The molecule has 0 amide bonds. The van der Waals surface area contributed by atoms with Crippen molar-refractivity contribution in [2.24, 2.45) is 0 Å². The molecule has 0 radical (unpaired) electrons. The second-order valence-corrected chi connectivity index (χ2v) is 2.92. The van der Waals surface area contributed by atoms with E-state index in [9.17, 15) is 0 Å². The van der Waals surface area contributed by atoms with Crippen molar-refractivity contribution < 1.29 is 4.74 Å². The van der Waals surface area contributed by atoms with Gasteiger partial charge in [0.15, 0.2) is 0 Å². The second kappa shape index (κ2) is 4.29. The van der Waals surface area contributed by atoms with E-state index >= 15 is 0 Å². The molecule has 0 saturated carbocycles. The number of rotatable bonds is 4. The third kappa shape index (κ3) is 4.34. The Kier molecular flexibility index (Phi) is 4.06. The first-order valence-corrected chi connectivity index (χ1v) is 3.59. The van der Waals surface area contributed by atoms with E-state index in [1.807, 2.05) is 13.8 Å². The van der Waals surface area contributed by atoms with Gasteiger partial charge in [-0.05, 0) is 20.3 Å². The molecule has 0 atom stereocenters. The van der Waals surface area contributed by atoms with Crippen LogP contribution in [0.4, 0.5) is 0 Å².